The molecule has 0 heterocycles. The molecule has 0 bridgehead atoms. The number of amides is 2. The SMILES string of the molecule is COc1ccc(C(CO)N(C)C(=O)NCC2CC2)cc1. The largest absolute Gasteiger partial charge is 0.497 e. The predicted molar refractivity (Wildman–Crippen MR) is 76.7 cm³/mol. The van der Waals surface area contributed by atoms with E-state index in [-0.39, 0.29) is 18.7 Å². The Morgan fingerprint density at radius 3 is 2.60 bits per heavy atom. The first-order valence-corrected chi connectivity index (χ1v) is 6.91. The molecule has 2 amide bonds. The van der Waals surface area contributed by atoms with E-state index in [9.17, 15) is 9.90 Å². The van der Waals surface area contributed by atoms with Gasteiger partial charge in [-0.05, 0) is 36.5 Å². The molecule has 1 atom stereocenters. The van der Waals surface area contributed by atoms with Gasteiger partial charge in [0.25, 0.3) is 0 Å². The first kappa shape index (κ1) is 14.7. The Bertz CT molecular complexity index is 443. The van der Waals surface area contributed by atoms with Crippen molar-refractivity contribution < 1.29 is 14.6 Å². The topological polar surface area (TPSA) is 61.8 Å². The summed E-state index contributed by atoms with van der Waals surface area (Å²) in [6, 6.07) is 6.89. The van der Waals surface area contributed by atoms with Crippen molar-refractivity contribution >= 4 is 6.03 Å². The van der Waals surface area contributed by atoms with Gasteiger partial charge < -0.3 is 20.1 Å². The molecule has 2 N–H and O–H groups in total. The maximum absolute atomic E-state index is 12.1. The summed E-state index contributed by atoms with van der Waals surface area (Å²) in [5.74, 6) is 1.40. The monoisotopic (exact) mass is 278 g/mol. The summed E-state index contributed by atoms with van der Waals surface area (Å²) >= 11 is 0. The van der Waals surface area contributed by atoms with E-state index >= 15 is 0 Å². The molecule has 1 aromatic carbocycles. The lowest BCUT2D eigenvalue weighted by atomic mass is 10.1. The highest BCUT2D eigenvalue weighted by Crippen LogP contribution is 2.28. The molecule has 0 radical (unpaired) electrons. The maximum Gasteiger partial charge on any atom is 0.317 e. The number of aliphatic hydroxyl groups excluding tert-OH is 1. The summed E-state index contributed by atoms with van der Waals surface area (Å²) in [5, 5.41) is 12.5. The number of hydrogen-bond donors (Lipinski definition) is 2. The summed E-state index contributed by atoms with van der Waals surface area (Å²) in [6.45, 7) is 0.615. The number of nitrogens with zero attached hydrogens (tertiary/aromatic N) is 1. The third kappa shape index (κ3) is 3.63. The van der Waals surface area contributed by atoms with E-state index < -0.39 is 0 Å². The van der Waals surface area contributed by atoms with Crippen LogP contribution in [0, 0.1) is 5.92 Å². The summed E-state index contributed by atoms with van der Waals surface area (Å²) in [5.41, 5.74) is 0.886. The van der Waals surface area contributed by atoms with Crippen molar-refractivity contribution in [3.8, 4) is 5.75 Å². The fourth-order valence-electron chi connectivity index (χ4n) is 2.10. The van der Waals surface area contributed by atoms with Crippen LogP contribution < -0.4 is 10.1 Å². The molecule has 110 valence electrons. The predicted octanol–water partition coefficient (Wildman–Crippen LogP) is 1.78. The van der Waals surface area contributed by atoms with E-state index in [1.807, 2.05) is 24.3 Å². The Morgan fingerprint density at radius 1 is 1.45 bits per heavy atom. The molecular weight excluding hydrogens is 256 g/mol. The Hall–Kier alpha value is -1.75. The van der Waals surface area contributed by atoms with E-state index in [0.29, 0.717) is 5.92 Å². The number of hydrogen-bond acceptors (Lipinski definition) is 3. The lowest BCUT2D eigenvalue weighted by Gasteiger charge is -2.27. The lowest BCUT2D eigenvalue weighted by molar-refractivity contribution is 0.149. The van der Waals surface area contributed by atoms with Crippen molar-refractivity contribution in [2.75, 3.05) is 27.3 Å². The normalized spacial score (nSPS) is 15.6. The van der Waals surface area contributed by atoms with Gasteiger partial charge in [-0.25, -0.2) is 4.79 Å². The molecule has 1 aliphatic rings. The average molecular weight is 278 g/mol. The number of nitrogens with one attached hydrogen (secondary N) is 1. The number of likely N-dealkylation sites (N-methyl/N-ethyl adjacent to an activating group) is 1. The first-order chi connectivity index (χ1) is 9.65. The molecule has 0 aromatic heterocycles. The maximum atomic E-state index is 12.1. The van der Waals surface area contributed by atoms with E-state index in [1.165, 1.54) is 12.8 Å². The molecule has 1 fully saturated rings. The van der Waals surface area contributed by atoms with Crippen molar-refractivity contribution in [2.24, 2.45) is 5.92 Å². The smallest absolute Gasteiger partial charge is 0.317 e. The van der Waals surface area contributed by atoms with Gasteiger partial charge in [0.2, 0.25) is 0 Å². The number of benzene rings is 1. The highest BCUT2D eigenvalue weighted by molar-refractivity contribution is 5.74. The Morgan fingerprint density at radius 2 is 2.10 bits per heavy atom. The molecule has 1 saturated carbocycles. The van der Waals surface area contributed by atoms with Gasteiger partial charge in [0.15, 0.2) is 0 Å². The van der Waals surface area contributed by atoms with Crippen LogP contribution in [0.1, 0.15) is 24.4 Å². The molecule has 20 heavy (non-hydrogen) atoms. The molecule has 5 heteroatoms. The summed E-state index contributed by atoms with van der Waals surface area (Å²) in [7, 11) is 3.31. The summed E-state index contributed by atoms with van der Waals surface area (Å²) < 4.78 is 5.11. The minimum atomic E-state index is -0.347. The van der Waals surface area contributed by atoms with Crippen molar-refractivity contribution in [2.45, 2.75) is 18.9 Å². The quantitative estimate of drug-likeness (QED) is 0.834. The molecule has 0 aliphatic heterocycles. The van der Waals surface area contributed by atoms with Gasteiger partial charge in [-0.2, -0.15) is 0 Å². The Balaban J connectivity index is 1.98. The Kier molecular flexibility index (Phi) is 4.84. The molecule has 2 rings (SSSR count). The van der Waals surface area contributed by atoms with Gasteiger partial charge >= 0.3 is 6.03 Å². The van der Waals surface area contributed by atoms with Crippen LogP contribution in [-0.4, -0.2) is 43.3 Å². The van der Waals surface area contributed by atoms with Crippen LogP contribution in [0.3, 0.4) is 0 Å². The van der Waals surface area contributed by atoms with Gasteiger partial charge in [0.1, 0.15) is 5.75 Å². The van der Waals surface area contributed by atoms with Crippen LogP contribution in [0.2, 0.25) is 0 Å². The van der Waals surface area contributed by atoms with Crippen LogP contribution in [0.5, 0.6) is 5.75 Å². The molecule has 1 aromatic rings. The third-order valence-electron chi connectivity index (χ3n) is 3.70. The fourth-order valence-corrected chi connectivity index (χ4v) is 2.10. The zero-order valence-corrected chi connectivity index (χ0v) is 12.0. The van der Waals surface area contributed by atoms with Gasteiger partial charge in [0, 0.05) is 13.6 Å². The van der Waals surface area contributed by atoms with Crippen LogP contribution in [0.15, 0.2) is 24.3 Å². The summed E-state index contributed by atoms with van der Waals surface area (Å²) in [6.07, 6.45) is 2.40. The average Bonchev–Trinajstić information content (AvgIpc) is 3.30. The number of rotatable bonds is 6. The fraction of sp³-hybridized carbons (Fsp3) is 0.533. The van der Waals surface area contributed by atoms with Crippen LogP contribution in [0.25, 0.3) is 0 Å². The highest BCUT2D eigenvalue weighted by atomic mass is 16.5. The lowest BCUT2D eigenvalue weighted by Crippen LogP contribution is -2.41. The third-order valence-corrected chi connectivity index (χ3v) is 3.70. The Labute approximate surface area is 119 Å². The molecule has 5 nitrogen and oxygen atoms in total. The van der Waals surface area contributed by atoms with Crippen molar-refractivity contribution in [3.63, 3.8) is 0 Å². The first-order valence-electron chi connectivity index (χ1n) is 6.91. The number of ether oxygens (including phenoxy) is 1. The van der Waals surface area contributed by atoms with Gasteiger partial charge in [-0.1, -0.05) is 12.1 Å². The van der Waals surface area contributed by atoms with Crippen molar-refractivity contribution in [3.05, 3.63) is 29.8 Å². The number of aliphatic hydroxyl groups is 1. The minimum Gasteiger partial charge on any atom is -0.497 e. The zero-order valence-electron chi connectivity index (χ0n) is 12.0. The molecule has 0 spiro atoms. The molecular formula is C15H22N2O3. The molecule has 1 aliphatic carbocycles. The van der Waals surface area contributed by atoms with Gasteiger partial charge in [0.05, 0.1) is 19.8 Å². The van der Waals surface area contributed by atoms with Crippen LogP contribution in [0.4, 0.5) is 4.79 Å². The minimum absolute atomic E-state index is 0.111. The number of methoxy groups -OCH3 is 1. The van der Waals surface area contributed by atoms with E-state index in [2.05, 4.69) is 5.32 Å². The number of carbonyl (C=O) groups is 1. The highest BCUT2D eigenvalue weighted by Gasteiger charge is 2.25. The van der Waals surface area contributed by atoms with E-state index in [0.717, 1.165) is 17.9 Å². The number of carbonyl (C=O) groups excluding carboxylic acids is 1. The second-order valence-electron chi connectivity index (χ2n) is 5.21. The van der Waals surface area contributed by atoms with Gasteiger partial charge in [-0.15, -0.1) is 0 Å². The van der Waals surface area contributed by atoms with Gasteiger partial charge in [-0.3, -0.25) is 0 Å². The number of urea groups is 1. The van der Waals surface area contributed by atoms with Crippen LogP contribution >= 0.6 is 0 Å². The molecule has 1 unspecified atom stereocenters. The van der Waals surface area contributed by atoms with Crippen molar-refractivity contribution in [1.82, 2.24) is 10.2 Å². The molecule has 0 saturated heterocycles. The second kappa shape index (κ2) is 6.61. The zero-order chi connectivity index (χ0) is 14.5. The summed E-state index contributed by atoms with van der Waals surface area (Å²) in [4.78, 5) is 13.6. The van der Waals surface area contributed by atoms with E-state index in [1.54, 1.807) is 19.1 Å². The second-order valence-corrected chi connectivity index (χ2v) is 5.21. The van der Waals surface area contributed by atoms with Crippen molar-refractivity contribution in [1.29, 1.82) is 0 Å². The standard InChI is InChI=1S/C15H22N2O3/c1-17(15(19)16-9-11-3-4-11)14(10-18)12-5-7-13(20-2)8-6-12/h5-8,11,14,18H,3-4,9-10H2,1-2H3,(H,16,19). The van der Waals surface area contributed by atoms with Crippen LogP contribution in [-0.2, 0) is 0 Å². The van der Waals surface area contributed by atoms with E-state index in [4.69, 9.17) is 4.74 Å².